The summed E-state index contributed by atoms with van der Waals surface area (Å²) in [7, 11) is 3.26. The van der Waals surface area contributed by atoms with Gasteiger partial charge in [-0.25, -0.2) is 15.0 Å². The highest BCUT2D eigenvalue weighted by molar-refractivity contribution is 5.90. The molecule has 0 aliphatic carbocycles. The second-order valence-electron chi connectivity index (χ2n) is 8.53. The molecule has 2 aliphatic heterocycles. The lowest BCUT2D eigenvalue weighted by atomic mass is 10.0. The Kier molecular flexibility index (Phi) is 4.98. The zero-order chi connectivity index (χ0) is 24.0. The largest absolute Gasteiger partial charge is 0.355 e. The van der Waals surface area contributed by atoms with Crippen molar-refractivity contribution in [3.05, 3.63) is 77.1 Å². The van der Waals surface area contributed by atoms with Crippen LogP contribution >= 0.6 is 0 Å². The first-order chi connectivity index (χ1) is 17.0. The van der Waals surface area contributed by atoms with Gasteiger partial charge in [-0.2, -0.15) is 0 Å². The topological polar surface area (TPSA) is 104 Å². The predicted molar refractivity (Wildman–Crippen MR) is 138 cm³/mol. The highest BCUT2D eigenvalue weighted by Crippen LogP contribution is 2.39. The number of H-pyrrole nitrogens is 3. The highest BCUT2D eigenvalue weighted by Gasteiger charge is 2.34. The van der Waals surface area contributed by atoms with Crippen molar-refractivity contribution >= 4 is 46.4 Å². The molecule has 0 saturated carbocycles. The van der Waals surface area contributed by atoms with Gasteiger partial charge in [-0.05, 0) is 67.6 Å². The van der Waals surface area contributed by atoms with E-state index in [0.717, 1.165) is 56.0 Å². The first-order valence-electron chi connectivity index (χ1n) is 11.3. The average Bonchev–Trinajstić information content (AvgIpc) is 3.66. The summed E-state index contributed by atoms with van der Waals surface area (Å²) in [5.41, 5.74) is 8.60. The van der Waals surface area contributed by atoms with Crippen molar-refractivity contribution in [3.63, 3.8) is 0 Å². The second kappa shape index (κ2) is 8.19. The Bertz CT molecular complexity index is 1640. The molecule has 4 aromatic rings. The molecule has 6 rings (SSSR count). The van der Waals surface area contributed by atoms with Crippen LogP contribution in [-0.4, -0.2) is 44.1 Å². The molecular weight excluding hydrogens is 440 g/mol. The zero-order valence-electron chi connectivity index (χ0n) is 19.6. The number of rotatable bonds is 4. The standard InChI is InChI=1S/C27H24N6O2/c1-27(34-2,35-3)25-23-15-21-9-7-19(32-21)13-17-5-4-16(30-17)12-18-6-8-20(31-18)14-22(33-23)24(25)26-28-10-11-29-26/h4-15,30,33H,1-3H3,(H,28,29). The molecule has 0 aromatic carbocycles. The maximum atomic E-state index is 5.87. The molecule has 0 saturated heterocycles. The summed E-state index contributed by atoms with van der Waals surface area (Å²) in [6.07, 6.45) is 11.5. The van der Waals surface area contributed by atoms with Crippen molar-refractivity contribution in [1.82, 2.24) is 29.9 Å². The number of hydrogen-bond acceptors (Lipinski definition) is 5. The monoisotopic (exact) mass is 464 g/mol. The maximum Gasteiger partial charge on any atom is 0.194 e. The second-order valence-corrected chi connectivity index (χ2v) is 8.53. The molecule has 174 valence electrons. The van der Waals surface area contributed by atoms with E-state index in [4.69, 9.17) is 19.4 Å². The van der Waals surface area contributed by atoms with Gasteiger partial charge in [0.1, 0.15) is 5.82 Å². The number of nitrogens with zero attached hydrogens (tertiary/aromatic N) is 3. The lowest BCUT2D eigenvalue weighted by molar-refractivity contribution is -0.200. The van der Waals surface area contributed by atoms with E-state index >= 15 is 0 Å². The molecule has 8 nitrogen and oxygen atoms in total. The Labute approximate surface area is 201 Å². The van der Waals surface area contributed by atoms with Crippen LogP contribution in [0.5, 0.6) is 0 Å². The van der Waals surface area contributed by atoms with Crippen LogP contribution in [0.4, 0.5) is 0 Å². The minimum Gasteiger partial charge on any atom is -0.355 e. The molecule has 0 radical (unpaired) electrons. The molecule has 8 bridgehead atoms. The van der Waals surface area contributed by atoms with Crippen LogP contribution in [0, 0.1) is 0 Å². The van der Waals surface area contributed by atoms with Gasteiger partial charge in [0.2, 0.25) is 0 Å². The third-order valence-corrected chi connectivity index (χ3v) is 6.31. The summed E-state index contributed by atoms with van der Waals surface area (Å²) in [5, 5.41) is 0. The summed E-state index contributed by atoms with van der Waals surface area (Å²) in [6.45, 7) is 1.89. The van der Waals surface area contributed by atoms with E-state index in [2.05, 4.69) is 19.9 Å². The highest BCUT2D eigenvalue weighted by atomic mass is 16.7. The van der Waals surface area contributed by atoms with Crippen molar-refractivity contribution in [2.24, 2.45) is 0 Å². The van der Waals surface area contributed by atoms with Crippen LogP contribution in [-0.2, 0) is 15.3 Å². The molecule has 0 unspecified atom stereocenters. The van der Waals surface area contributed by atoms with Crippen LogP contribution in [0.2, 0.25) is 0 Å². The molecule has 0 amide bonds. The van der Waals surface area contributed by atoms with Gasteiger partial charge in [-0.3, -0.25) is 0 Å². The van der Waals surface area contributed by atoms with Crippen LogP contribution in [0.25, 0.3) is 57.8 Å². The van der Waals surface area contributed by atoms with Gasteiger partial charge in [-0.15, -0.1) is 0 Å². The Morgan fingerprint density at radius 1 is 0.743 bits per heavy atom. The van der Waals surface area contributed by atoms with Gasteiger partial charge in [0, 0.05) is 43.2 Å². The van der Waals surface area contributed by atoms with Gasteiger partial charge in [0.05, 0.1) is 39.4 Å². The zero-order valence-corrected chi connectivity index (χ0v) is 19.6. The summed E-state index contributed by atoms with van der Waals surface area (Å²) >= 11 is 0. The van der Waals surface area contributed by atoms with E-state index in [1.807, 2.05) is 67.6 Å². The van der Waals surface area contributed by atoms with E-state index in [-0.39, 0.29) is 0 Å². The van der Waals surface area contributed by atoms with Crippen LogP contribution in [0.15, 0.2) is 48.8 Å². The molecule has 8 heteroatoms. The first kappa shape index (κ1) is 21.3. The molecule has 6 heterocycles. The molecule has 35 heavy (non-hydrogen) atoms. The number of imidazole rings is 1. The molecule has 3 N–H and O–H groups in total. The van der Waals surface area contributed by atoms with Crippen LogP contribution in [0.1, 0.15) is 35.3 Å². The summed E-state index contributed by atoms with van der Waals surface area (Å²) in [5.74, 6) is -0.346. The maximum absolute atomic E-state index is 5.87. The number of aromatic nitrogens is 6. The average molecular weight is 465 g/mol. The van der Waals surface area contributed by atoms with Crippen molar-refractivity contribution in [2.75, 3.05) is 14.2 Å². The van der Waals surface area contributed by atoms with Gasteiger partial charge in [-0.1, -0.05) is 0 Å². The first-order valence-corrected chi connectivity index (χ1v) is 11.3. The SMILES string of the molecule is COC(C)(OC)c1c(-c2ncc[nH]2)c2cc3nc(cc4ccc(cc5nc(cc1[nH]2)C=C5)[nH]4)C=C3. The third-order valence-electron chi connectivity index (χ3n) is 6.31. The van der Waals surface area contributed by atoms with E-state index in [0.29, 0.717) is 5.82 Å². The smallest absolute Gasteiger partial charge is 0.194 e. The fourth-order valence-electron chi connectivity index (χ4n) is 4.49. The molecule has 0 spiro atoms. The number of hydrogen-bond donors (Lipinski definition) is 3. The van der Waals surface area contributed by atoms with Crippen LogP contribution in [0.3, 0.4) is 0 Å². The van der Waals surface area contributed by atoms with Crippen molar-refractivity contribution in [1.29, 1.82) is 0 Å². The third kappa shape index (κ3) is 3.78. The predicted octanol–water partition coefficient (Wildman–Crippen LogP) is 5.51. The van der Waals surface area contributed by atoms with Crippen molar-refractivity contribution < 1.29 is 9.47 Å². The summed E-state index contributed by atoms with van der Waals surface area (Å²) < 4.78 is 11.7. The van der Waals surface area contributed by atoms with Crippen molar-refractivity contribution in [2.45, 2.75) is 12.7 Å². The number of fused-ring (bicyclic) bond motifs is 8. The Morgan fingerprint density at radius 3 is 1.86 bits per heavy atom. The van der Waals surface area contributed by atoms with E-state index in [1.165, 1.54) is 0 Å². The summed E-state index contributed by atoms with van der Waals surface area (Å²) in [4.78, 5) is 24.3. The lowest BCUT2D eigenvalue weighted by Crippen LogP contribution is -2.27. The van der Waals surface area contributed by atoms with Crippen molar-refractivity contribution in [3.8, 4) is 11.4 Å². The number of nitrogens with one attached hydrogen (secondary N) is 3. The minimum absolute atomic E-state index is 0.696. The lowest BCUT2D eigenvalue weighted by Gasteiger charge is -2.27. The van der Waals surface area contributed by atoms with E-state index in [9.17, 15) is 0 Å². The van der Waals surface area contributed by atoms with E-state index < -0.39 is 5.79 Å². The molecule has 4 aromatic heterocycles. The fourth-order valence-corrected chi connectivity index (χ4v) is 4.49. The van der Waals surface area contributed by atoms with Gasteiger partial charge in [0.25, 0.3) is 0 Å². The Hall–Kier alpha value is -4.27. The molecule has 2 aliphatic rings. The fraction of sp³-hybridized carbons (Fsp3) is 0.148. The van der Waals surface area contributed by atoms with Gasteiger partial charge >= 0.3 is 0 Å². The molecule has 0 fully saturated rings. The number of ether oxygens (including phenoxy) is 2. The van der Waals surface area contributed by atoms with Crippen LogP contribution < -0.4 is 0 Å². The molecular formula is C27H24N6O2. The minimum atomic E-state index is -1.04. The number of methoxy groups -OCH3 is 2. The Morgan fingerprint density at radius 2 is 1.31 bits per heavy atom. The summed E-state index contributed by atoms with van der Waals surface area (Å²) in [6, 6.07) is 12.1. The quantitative estimate of drug-likeness (QED) is 0.298. The van der Waals surface area contributed by atoms with Gasteiger partial charge < -0.3 is 24.4 Å². The van der Waals surface area contributed by atoms with Gasteiger partial charge in [0.15, 0.2) is 5.79 Å². The molecule has 0 atom stereocenters. The number of aromatic amines is 3. The Balaban J connectivity index is 1.77. The normalized spacial score (nSPS) is 13.0. The van der Waals surface area contributed by atoms with E-state index in [1.54, 1.807) is 26.6 Å².